The maximum atomic E-state index is 11.2. The van der Waals surface area contributed by atoms with Gasteiger partial charge in [-0.15, -0.1) is 0 Å². The summed E-state index contributed by atoms with van der Waals surface area (Å²) >= 11 is 0. The van der Waals surface area contributed by atoms with E-state index in [9.17, 15) is 9.90 Å². The molecule has 1 rings (SSSR count). The summed E-state index contributed by atoms with van der Waals surface area (Å²) in [6.45, 7) is 4.42. The van der Waals surface area contributed by atoms with Crippen molar-refractivity contribution in [1.82, 2.24) is 9.97 Å². The Bertz CT molecular complexity index is 349. The number of aromatic nitrogens is 2. The first kappa shape index (κ1) is 11.7. The SMILES string of the molecule is CC(C)CC(O)CNc1ncc[nH]c1=O. The van der Waals surface area contributed by atoms with E-state index in [2.05, 4.69) is 15.3 Å². The number of aliphatic hydroxyl groups is 1. The molecular formula is C10H17N3O2. The third-order valence-electron chi connectivity index (χ3n) is 1.96. The van der Waals surface area contributed by atoms with Crippen LogP contribution in [0.3, 0.4) is 0 Å². The van der Waals surface area contributed by atoms with Gasteiger partial charge in [-0.2, -0.15) is 0 Å². The molecule has 0 saturated carbocycles. The van der Waals surface area contributed by atoms with Crippen molar-refractivity contribution < 1.29 is 5.11 Å². The third-order valence-corrected chi connectivity index (χ3v) is 1.96. The Morgan fingerprint density at radius 1 is 1.60 bits per heavy atom. The van der Waals surface area contributed by atoms with Crippen LogP contribution in [0.15, 0.2) is 17.2 Å². The van der Waals surface area contributed by atoms with Crippen LogP contribution >= 0.6 is 0 Å². The third kappa shape index (κ3) is 4.12. The molecule has 5 heteroatoms. The predicted molar refractivity (Wildman–Crippen MR) is 58.8 cm³/mol. The summed E-state index contributed by atoms with van der Waals surface area (Å²) in [5, 5.41) is 12.4. The molecule has 1 heterocycles. The molecule has 0 saturated heterocycles. The van der Waals surface area contributed by atoms with Crippen LogP contribution in [0, 0.1) is 5.92 Å². The minimum absolute atomic E-state index is 0.250. The normalized spacial score (nSPS) is 12.8. The van der Waals surface area contributed by atoms with E-state index in [-0.39, 0.29) is 11.4 Å². The second kappa shape index (κ2) is 5.50. The van der Waals surface area contributed by atoms with Gasteiger partial charge >= 0.3 is 0 Å². The summed E-state index contributed by atoms with van der Waals surface area (Å²) in [7, 11) is 0. The van der Waals surface area contributed by atoms with Crippen molar-refractivity contribution in [3.63, 3.8) is 0 Å². The van der Waals surface area contributed by atoms with Gasteiger partial charge in [-0.05, 0) is 12.3 Å². The van der Waals surface area contributed by atoms with Crippen molar-refractivity contribution in [1.29, 1.82) is 0 Å². The van der Waals surface area contributed by atoms with Crippen LogP contribution in [-0.2, 0) is 0 Å². The molecule has 0 spiro atoms. The molecule has 0 aliphatic carbocycles. The summed E-state index contributed by atoms with van der Waals surface area (Å²) < 4.78 is 0. The van der Waals surface area contributed by atoms with Crippen LogP contribution in [0.2, 0.25) is 0 Å². The Hall–Kier alpha value is -1.36. The standard InChI is InChI=1S/C10H17N3O2/c1-7(2)5-8(14)6-13-9-10(15)12-4-3-11-9/h3-4,7-8,14H,5-6H2,1-2H3,(H,11,13)(H,12,15). The molecule has 3 N–H and O–H groups in total. The lowest BCUT2D eigenvalue weighted by Crippen LogP contribution is -2.25. The molecule has 1 unspecified atom stereocenters. The summed E-state index contributed by atoms with van der Waals surface area (Å²) in [5.41, 5.74) is -0.269. The summed E-state index contributed by atoms with van der Waals surface area (Å²) in [4.78, 5) is 17.6. The molecule has 0 amide bonds. The largest absolute Gasteiger partial charge is 0.391 e. The van der Waals surface area contributed by atoms with Crippen LogP contribution in [0.25, 0.3) is 0 Å². The Morgan fingerprint density at radius 2 is 2.33 bits per heavy atom. The molecule has 0 aliphatic heterocycles. The van der Waals surface area contributed by atoms with Crippen LogP contribution < -0.4 is 10.9 Å². The topological polar surface area (TPSA) is 78.0 Å². The van der Waals surface area contributed by atoms with Crippen molar-refractivity contribution in [2.45, 2.75) is 26.4 Å². The van der Waals surface area contributed by atoms with Crippen LogP contribution in [0.1, 0.15) is 20.3 Å². The Kier molecular flexibility index (Phi) is 4.30. The molecule has 0 bridgehead atoms. The maximum Gasteiger partial charge on any atom is 0.290 e. The summed E-state index contributed by atoms with van der Waals surface area (Å²) in [5.74, 6) is 0.684. The lowest BCUT2D eigenvalue weighted by atomic mass is 10.1. The van der Waals surface area contributed by atoms with Crippen molar-refractivity contribution in [2.75, 3.05) is 11.9 Å². The predicted octanol–water partition coefficient (Wildman–Crippen LogP) is 0.589. The molecule has 84 valence electrons. The van der Waals surface area contributed by atoms with Gasteiger partial charge in [-0.3, -0.25) is 4.79 Å². The number of hydrogen-bond acceptors (Lipinski definition) is 4. The van der Waals surface area contributed by atoms with Crippen molar-refractivity contribution in [3.05, 3.63) is 22.7 Å². The minimum atomic E-state index is -0.452. The van der Waals surface area contributed by atoms with Crippen molar-refractivity contribution in [3.8, 4) is 0 Å². The Labute approximate surface area is 88.6 Å². The number of H-pyrrole nitrogens is 1. The maximum absolute atomic E-state index is 11.2. The van der Waals surface area contributed by atoms with Gasteiger partial charge in [0.05, 0.1) is 6.10 Å². The average Bonchev–Trinajstić information content (AvgIpc) is 2.15. The minimum Gasteiger partial charge on any atom is -0.391 e. The number of hydrogen-bond donors (Lipinski definition) is 3. The monoisotopic (exact) mass is 211 g/mol. The molecule has 0 radical (unpaired) electrons. The summed E-state index contributed by atoms with van der Waals surface area (Å²) in [6.07, 6.45) is 3.22. The number of anilines is 1. The van der Waals surface area contributed by atoms with E-state index in [1.807, 2.05) is 13.8 Å². The quantitative estimate of drug-likeness (QED) is 0.666. The van der Waals surface area contributed by atoms with Gasteiger partial charge in [0, 0.05) is 18.9 Å². The Morgan fingerprint density at radius 3 is 2.93 bits per heavy atom. The van der Waals surface area contributed by atoms with E-state index >= 15 is 0 Å². The zero-order valence-electron chi connectivity index (χ0n) is 9.03. The van der Waals surface area contributed by atoms with Gasteiger partial charge in [-0.25, -0.2) is 4.98 Å². The zero-order chi connectivity index (χ0) is 11.3. The van der Waals surface area contributed by atoms with Crippen molar-refractivity contribution >= 4 is 5.82 Å². The molecular weight excluding hydrogens is 194 g/mol. The van der Waals surface area contributed by atoms with E-state index < -0.39 is 6.10 Å². The molecule has 5 nitrogen and oxygen atoms in total. The van der Waals surface area contributed by atoms with Crippen LogP contribution in [-0.4, -0.2) is 27.7 Å². The highest BCUT2D eigenvalue weighted by Gasteiger charge is 2.07. The van der Waals surface area contributed by atoms with E-state index in [1.54, 1.807) is 0 Å². The first-order chi connectivity index (χ1) is 7.09. The first-order valence-corrected chi connectivity index (χ1v) is 5.05. The van der Waals surface area contributed by atoms with Gasteiger partial charge < -0.3 is 15.4 Å². The number of nitrogens with zero attached hydrogens (tertiary/aromatic N) is 1. The highest BCUT2D eigenvalue weighted by atomic mass is 16.3. The number of rotatable bonds is 5. The van der Waals surface area contributed by atoms with Gasteiger partial charge in [0.1, 0.15) is 0 Å². The second-order valence-electron chi connectivity index (χ2n) is 3.93. The highest BCUT2D eigenvalue weighted by molar-refractivity contribution is 5.29. The Balaban J connectivity index is 2.44. The first-order valence-electron chi connectivity index (χ1n) is 5.05. The molecule has 0 aliphatic rings. The average molecular weight is 211 g/mol. The molecule has 15 heavy (non-hydrogen) atoms. The van der Waals surface area contributed by atoms with Crippen LogP contribution in [0.5, 0.6) is 0 Å². The van der Waals surface area contributed by atoms with Gasteiger partial charge in [-0.1, -0.05) is 13.8 Å². The lowest BCUT2D eigenvalue weighted by molar-refractivity contribution is 0.161. The van der Waals surface area contributed by atoms with E-state index in [0.29, 0.717) is 18.9 Å². The fraction of sp³-hybridized carbons (Fsp3) is 0.600. The lowest BCUT2D eigenvalue weighted by Gasteiger charge is -2.13. The van der Waals surface area contributed by atoms with E-state index in [4.69, 9.17) is 0 Å². The van der Waals surface area contributed by atoms with Crippen LogP contribution in [0.4, 0.5) is 5.82 Å². The fourth-order valence-electron chi connectivity index (χ4n) is 1.32. The number of aromatic amines is 1. The fourth-order valence-corrected chi connectivity index (χ4v) is 1.32. The zero-order valence-corrected chi connectivity index (χ0v) is 9.03. The van der Waals surface area contributed by atoms with Gasteiger partial charge in [0.25, 0.3) is 5.56 Å². The molecule has 0 aromatic carbocycles. The summed E-state index contributed by atoms with van der Waals surface area (Å²) in [6, 6.07) is 0. The molecule has 1 aromatic rings. The molecule has 0 fully saturated rings. The van der Waals surface area contributed by atoms with Crippen molar-refractivity contribution in [2.24, 2.45) is 5.92 Å². The number of aliphatic hydroxyl groups excluding tert-OH is 1. The second-order valence-corrected chi connectivity index (χ2v) is 3.93. The van der Waals surface area contributed by atoms with Gasteiger partial charge in [0.2, 0.25) is 0 Å². The van der Waals surface area contributed by atoms with E-state index in [1.165, 1.54) is 12.4 Å². The highest BCUT2D eigenvalue weighted by Crippen LogP contribution is 2.04. The number of nitrogens with one attached hydrogen (secondary N) is 2. The smallest absolute Gasteiger partial charge is 0.290 e. The molecule has 1 aromatic heterocycles. The van der Waals surface area contributed by atoms with Gasteiger partial charge in [0.15, 0.2) is 5.82 Å². The molecule has 1 atom stereocenters. The van der Waals surface area contributed by atoms with E-state index in [0.717, 1.165) is 0 Å².